The van der Waals surface area contributed by atoms with Gasteiger partial charge in [0.15, 0.2) is 0 Å². The lowest BCUT2D eigenvalue weighted by Crippen LogP contribution is -2.54. The number of amides is 2. The van der Waals surface area contributed by atoms with Gasteiger partial charge in [-0.05, 0) is 80.5 Å². The van der Waals surface area contributed by atoms with Crippen LogP contribution in [0, 0.1) is 23.2 Å². The Hall–Kier alpha value is -2.04. The van der Waals surface area contributed by atoms with Crippen LogP contribution in [-0.2, 0) is 4.79 Å². The van der Waals surface area contributed by atoms with Crippen LogP contribution in [0.1, 0.15) is 48.9 Å². The van der Waals surface area contributed by atoms with Gasteiger partial charge in [0.05, 0.1) is 7.11 Å². The molecule has 4 saturated carbocycles. The maximum Gasteiger partial charge on any atom is 0.251 e. The highest BCUT2D eigenvalue weighted by atomic mass is 16.5. The largest absolute Gasteiger partial charge is 0.497 e. The summed E-state index contributed by atoms with van der Waals surface area (Å²) in [5.74, 6) is 3.11. The number of rotatable bonds is 6. The van der Waals surface area contributed by atoms with E-state index < -0.39 is 0 Å². The average molecular weight is 356 g/mol. The first-order chi connectivity index (χ1) is 12.6. The quantitative estimate of drug-likeness (QED) is 0.770. The molecule has 0 heterocycles. The molecular formula is C21H28N2O3. The third kappa shape index (κ3) is 3.31. The Morgan fingerprint density at radius 3 is 2.04 bits per heavy atom. The minimum Gasteiger partial charge on any atom is -0.497 e. The number of carbonyl (C=O) groups is 2. The zero-order chi connectivity index (χ0) is 18.1. The lowest BCUT2D eigenvalue weighted by atomic mass is 9.49. The van der Waals surface area contributed by atoms with Crippen molar-refractivity contribution in [1.29, 1.82) is 0 Å². The third-order valence-corrected chi connectivity index (χ3v) is 6.57. The molecule has 4 aliphatic carbocycles. The van der Waals surface area contributed by atoms with Gasteiger partial charge < -0.3 is 15.4 Å². The summed E-state index contributed by atoms with van der Waals surface area (Å²) >= 11 is 0. The minimum absolute atomic E-state index is 0.116. The number of carbonyl (C=O) groups excluding carboxylic acids is 2. The Labute approximate surface area is 154 Å². The Morgan fingerprint density at radius 1 is 0.962 bits per heavy atom. The van der Waals surface area contributed by atoms with Crippen LogP contribution < -0.4 is 15.4 Å². The van der Waals surface area contributed by atoms with Gasteiger partial charge in [-0.25, -0.2) is 0 Å². The molecule has 0 aliphatic heterocycles. The van der Waals surface area contributed by atoms with Crippen LogP contribution in [0.25, 0.3) is 0 Å². The van der Waals surface area contributed by atoms with E-state index in [2.05, 4.69) is 10.6 Å². The second kappa shape index (κ2) is 6.93. The summed E-state index contributed by atoms with van der Waals surface area (Å²) in [6.45, 7) is 0.936. The van der Waals surface area contributed by atoms with Gasteiger partial charge in [0.2, 0.25) is 5.91 Å². The smallest absolute Gasteiger partial charge is 0.251 e. The maximum atomic E-state index is 12.8. The van der Waals surface area contributed by atoms with Gasteiger partial charge in [0.25, 0.3) is 5.91 Å². The molecule has 0 unspecified atom stereocenters. The van der Waals surface area contributed by atoms with Crippen LogP contribution in [0.15, 0.2) is 24.3 Å². The van der Waals surface area contributed by atoms with Crippen molar-refractivity contribution in [3.8, 4) is 5.75 Å². The van der Waals surface area contributed by atoms with Crippen molar-refractivity contribution < 1.29 is 14.3 Å². The second-order valence-electron chi connectivity index (χ2n) is 8.44. The maximum absolute atomic E-state index is 12.8. The zero-order valence-electron chi connectivity index (χ0n) is 15.4. The highest BCUT2D eigenvalue weighted by Crippen LogP contribution is 2.60. The predicted molar refractivity (Wildman–Crippen MR) is 98.9 cm³/mol. The van der Waals surface area contributed by atoms with Gasteiger partial charge in [0, 0.05) is 24.1 Å². The molecule has 2 amide bonds. The van der Waals surface area contributed by atoms with Crippen LogP contribution >= 0.6 is 0 Å². The summed E-state index contributed by atoms with van der Waals surface area (Å²) < 4.78 is 5.10. The van der Waals surface area contributed by atoms with E-state index >= 15 is 0 Å². The van der Waals surface area contributed by atoms with E-state index in [1.165, 1.54) is 19.3 Å². The van der Waals surface area contributed by atoms with E-state index in [-0.39, 0.29) is 17.2 Å². The molecule has 5 heteroatoms. The topological polar surface area (TPSA) is 67.4 Å². The zero-order valence-corrected chi connectivity index (χ0v) is 15.4. The summed E-state index contributed by atoms with van der Waals surface area (Å²) in [6, 6.07) is 7.01. The van der Waals surface area contributed by atoms with Crippen molar-refractivity contribution in [3.63, 3.8) is 0 Å². The number of methoxy groups -OCH3 is 1. The SMILES string of the molecule is COc1ccc(C(=O)NCCNC(=O)C23CC4CC(CC(C4)C2)C3)cc1. The summed E-state index contributed by atoms with van der Waals surface area (Å²) in [5.41, 5.74) is 0.479. The van der Waals surface area contributed by atoms with Gasteiger partial charge in [0.1, 0.15) is 5.75 Å². The van der Waals surface area contributed by atoms with Crippen LogP contribution in [0.3, 0.4) is 0 Å². The molecule has 140 valence electrons. The third-order valence-electron chi connectivity index (χ3n) is 6.57. The molecule has 0 aromatic heterocycles. The van der Waals surface area contributed by atoms with Gasteiger partial charge >= 0.3 is 0 Å². The van der Waals surface area contributed by atoms with E-state index in [9.17, 15) is 9.59 Å². The fraction of sp³-hybridized carbons (Fsp3) is 0.619. The molecule has 26 heavy (non-hydrogen) atoms. The first-order valence-corrected chi connectivity index (χ1v) is 9.78. The Kier molecular flexibility index (Phi) is 4.63. The molecule has 1 aromatic carbocycles. The van der Waals surface area contributed by atoms with E-state index in [0.29, 0.717) is 18.7 Å². The van der Waals surface area contributed by atoms with Gasteiger partial charge in [-0.3, -0.25) is 9.59 Å². The molecule has 1 aromatic rings. The lowest BCUT2D eigenvalue weighted by molar-refractivity contribution is -0.146. The normalized spacial score (nSPS) is 31.5. The Balaban J connectivity index is 1.24. The average Bonchev–Trinajstić information content (AvgIpc) is 2.64. The Bertz CT molecular complexity index is 648. The molecule has 4 fully saturated rings. The first-order valence-electron chi connectivity index (χ1n) is 9.78. The van der Waals surface area contributed by atoms with Crippen molar-refractivity contribution in [2.75, 3.05) is 20.2 Å². The van der Waals surface area contributed by atoms with E-state index in [0.717, 1.165) is 42.8 Å². The first kappa shape index (κ1) is 17.4. The van der Waals surface area contributed by atoms with Gasteiger partial charge in [-0.2, -0.15) is 0 Å². The fourth-order valence-corrected chi connectivity index (χ4v) is 5.77. The highest BCUT2D eigenvalue weighted by molar-refractivity contribution is 5.94. The fourth-order valence-electron chi connectivity index (χ4n) is 5.77. The molecule has 4 bridgehead atoms. The molecule has 0 radical (unpaired) electrons. The van der Waals surface area contributed by atoms with Crippen LogP contribution in [0.5, 0.6) is 5.75 Å². The van der Waals surface area contributed by atoms with Crippen molar-refractivity contribution in [2.24, 2.45) is 23.2 Å². The molecule has 4 aliphatic rings. The highest BCUT2D eigenvalue weighted by Gasteiger charge is 2.54. The molecule has 0 saturated heterocycles. The lowest BCUT2D eigenvalue weighted by Gasteiger charge is -2.55. The molecule has 0 atom stereocenters. The Morgan fingerprint density at radius 2 is 1.50 bits per heavy atom. The van der Waals surface area contributed by atoms with E-state index in [1.54, 1.807) is 31.4 Å². The summed E-state index contributed by atoms with van der Waals surface area (Å²) in [7, 11) is 1.60. The number of ether oxygens (including phenoxy) is 1. The van der Waals surface area contributed by atoms with Crippen LogP contribution in [-0.4, -0.2) is 32.0 Å². The van der Waals surface area contributed by atoms with E-state index in [4.69, 9.17) is 4.74 Å². The molecule has 0 spiro atoms. The summed E-state index contributed by atoms with van der Waals surface area (Å²) in [6.07, 6.45) is 7.23. The van der Waals surface area contributed by atoms with Gasteiger partial charge in [-0.15, -0.1) is 0 Å². The van der Waals surface area contributed by atoms with Crippen LogP contribution in [0.2, 0.25) is 0 Å². The monoisotopic (exact) mass is 356 g/mol. The second-order valence-corrected chi connectivity index (χ2v) is 8.44. The number of hydrogen-bond acceptors (Lipinski definition) is 3. The van der Waals surface area contributed by atoms with Crippen LogP contribution in [0.4, 0.5) is 0 Å². The molecular weight excluding hydrogens is 328 g/mol. The van der Waals surface area contributed by atoms with Crippen molar-refractivity contribution in [1.82, 2.24) is 10.6 Å². The molecule has 5 rings (SSSR count). The number of benzene rings is 1. The van der Waals surface area contributed by atoms with Crippen molar-refractivity contribution >= 4 is 11.8 Å². The number of nitrogens with one attached hydrogen (secondary N) is 2. The van der Waals surface area contributed by atoms with Crippen molar-refractivity contribution in [3.05, 3.63) is 29.8 Å². The predicted octanol–water partition coefficient (Wildman–Crippen LogP) is 2.76. The summed E-state index contributed by atoms with van der Waals surface area (Å²) in [4.78, 5) is 25.0. The number of hydrogen-bond donors (Lipinski definition) is 2. The van der Waals surface area contributed by atoms with Gasteiger partial charge in [-0.1, -0.05) is 0 Å². The van der Waals surface area contributed by atoms with E-state index in [1.807, 2.05) is 0 Å². The standard InChI is InChI=1S/C21H28N2O3/c1-26-18-4-2-17(3-5-18)19(24)22-6-7-23-20(25)21-11-14-8-15(12-21)10-16(9-14)13-21/h2-5,14-16H,6-13H2,1H3,(H,22,24)(H,23,25). The van der Waals surface area contributed by atoms with Crippen molar-refractivity contribution in [2.45, 2.75) is 38.5 Å². The molecule has 2 N–H and O–H groups in total. The summed E-state index contributed by atoms with van der Waals surface area (Å²) in [5, 5.41) is 5.96. The molecule has 5 nitrogen and oxygen atoms in total. The minimum atomic E-state index is -0.128.